The minimum atomic E-state index is -0.364. The van der Waals surface area contributed by atoms with Crippen molar-refractivity contribution in [2.24, 2.45) is 0 Å². The Balaban J connectivity index is 2.12. The van der Waals surface area contributed by atoms with E-state index in [1.165, 1.54) is 0 Å². The molecule has 1 atom stereocenters. The van der Waals surface area contributed by atoms with Gasteiger partial charge in [-0.05, 0) is 30.7 Å². The largest absolute Gasteiger partial charge is 0.507 e. The second-order valence-electron chi connectivity index (χ2n) is 6.86. The molecule has 0 spiro atoms. The van der Waals surface area contributed by atoms with Gasteiger partial charge in [0.05, 0.1) is 38.5 Å². The summed E-state index contributed by atoms with van der Waals surface area (Å²) in [5.41, 5.74) is 1.83. The number of aromatic hydroxyl groups is 1. The lowest BCUT2D eigenvalue weighted by molar-refractivity contribution is 0.0232. The van der Waals surface area contributed by atoms with Gasteiger partial charge in [0, 0.05) is 32.4 Å². The van der Waals surface area contributed by atoms with E-state index in [-0.39, 0.29) is 17.4 Å². The van der Waals surface area contributed by atoms with E-state index in [1.807, 2.05) is 31.2 Å². The minimum Gasteiger partial charge on any atom is -0.507 e. The van der Waals surface area contributed by atoms with Crippen LogP contribution in [-0.4, -0.2) is 61.7 Å². The van der Waals surface area contributed by atoms with E-state index in [2.05, 4.69) is 4.90 Å². The first-order valence-corrected chi connectivity index (χ1v) is 9.44. The van der Waals surface area contributed by atoms with Gasteiger partial charge < -0.3 is 23.9 Å². The van der Waals surface area contributed by atoms with Crippen LogP contribution in [0.25, 0.3) is 0 Å². The SMILES string of the molecule is COCCn1c(C)cc(O)c(C(c2ccc(OC)cc2)N2CCOCC2)c1=O. The summed E-state index contributed by atoms with van der Waals surface area (Å²) >= 11 is 0. The van der Waals surface area contributed by atoms with Crippen LogP contribution in [0.2, 0.25) is 0 Å². The van der Waals surface area contributed by atoms with Crippen LogP contribution in [0.15, 0.2) is 35.1 Å². The highest BCUT2D eigenvalue weighted by molar-refractivity contribution is 5.42. The molecule has 152 valence electrons. The summed E-state index contributed by atoms with van der Waals surface area (Å²) in [4.78, 5) is 15.5. The van der Waals surface area contributed by atoms with E-state index in [1.54, 1.807) is 24.9 Å². The molecule has 1 saturated heterocycles. The number of ether oxygens (including phenoxy) is 3. The Morgan fingerprint density at radius 1 is 1.18 bits per heavy atom. The lowest BCUT2D eigenvalue weighted by Gasteiger charge is -2.35. The molecule has 1 fully saturated rings. The summed E-state index contributed by atoms with van der Waals surface area (Å²) in [6, 6.07) is 8.92. The highest BCUT2D eigenvalue weighted by Gasteiger charge is 2.30. The van der Waals surface area contributed by atoms with Gasteiger partial charge in [0.1, 0.15) is 11.5 Å². The standard InChI is InChI=1S/C21H28N2O5/c1-15-14-18(24)19(21(25)23(15)10-11-26-2)20(22-8-12-28-13-9-22)16-4-6-17(27-3)7-5-16/h4-7,14,20,24H,8-13H2,1-3H3. The third-order valence-corrected chi connectivity index (χ3v) is 5.16. The fraction of sp³-hybridized carbons (Fsp3) is 0.476. The summed E-state index contributed by atoms with van der Waals surface area (Å²) in [5, 5.41) is 10.8. The molecule has 0 saturated carbocycles. The maximum atomic E-state index is 13.4. The van der Waals surface area contributed by atoms with Crippen LogP contribution >= 0.6 is 0 Å². The Labute approximate surface area is 165 Å². The summed E-state index contributed by atoms with van der Waals surface area (Å²) < 4.78 is 17.6. The van der Waals surface area contributed by atoms with Gasteiger partial charge in [-0.15, -0.1) is 0 Å². The van der Waals surface area contributed by atoms with Gasteiger partial charge in [0.15, 0.2) is 0 Å². The van der Waals surface area contributed by atoms with Gasteiger partial charge in [0.2, 0.25) is 0 Å². The topological polar surface area (TPSA) is 73.2 Å². The van der Waals surface area contributed by atoms with Gasteiger partial charge >= 0.3 is 0 Å². The van der Waals surface area contributed by atoms with Crippen LogP contribution in [0, 0.1) is 6.92 Å². The van der Waals surface area contributed by atoms with Crippen molar-refractivity contribution in [2.75, 3.05) is 47.1 Å². The second-order valence-corrected chi connectivity index (χ2v) is 6.86. The molecule has 2 heterocycles. The molecule has 28 heavy (non-hydrogen) atoms. The van der Waals surface area contributed by atoms with Crippen molar-refractivity contribution in [3.05, 3.63) is 57.5 Å². The normalized spacial score (nSPS) is 16.1. The fourth-order valence-electron chi connectivity index (χ4n) is 3.67. The summed E-state index contributed by atoms with van der Waals surface area (Å²) in [7, 11) is 3.23. The molecule has 3 rings (SSSR count). The van der Waals surface area contributed by atoms with Crippen molar-refractivity contribution >= 4 is 0 Å². The van der Waals surface area contributed by atoms with Crippen LogP contribution in [0.5, 0.6) is 11.5 Å². The number of benzene rings is 1. The average Bonchev–Trinajstić information content (AvgIpc) is 2.71. The molecule has 0 amide bonds. The predicted molar refractivity (Wildman–Crippen MR) is 106 cm³/mol. The summed E-state index contributed by atoms with van der Waals surface area (Å²) in [6.07, 6.45) is 0. The molecule has 1 aromatic carbocycles. The zero-order valence-corrected chi connectivity index (χ0v) is 16.7. The van der Waals surface area contributed by atoms with Crippen molar-refractivity contribution < 1.29 is 19.3 Å². The lowest BCUT2D eigenvalue weighted by atomic mass is 9.96. The fourth-order valence-corrected chi connectivity index (χ4v) is 3.67. The van der Waals surface area contributed by atoms with Crippen LogP contribution < -0.4 is 10.3 Å². The molecule has 7 heteroatoms. The van der Waals surface area contributed by atoms with E-state index >= 15 is 0 Å². The number of morpholine rings is 1. The molecule has 0 bridgehead atoms. The molecular formula is C21H28N2O5. The minimum absolute atomic E-state index is 0.0171. The Morgan fingerprint density at radius 3 is 2.46 bits per heavy atom. The third kappa shape index (κ3) is 4.22. The quantitative estimate of drug-likeness (QED) is 0.782. The number of aromatic nitrogens is 1. The molecule has 1 aromatic heterocycles. The van der Waals surface area contributed by atoms with Crippen molar-refractivity contribution in [2.45, 2.75) is 19.5 Å². The van der Waals surface area contributed by atoms with Gasteiger partial charge in [-0.25, -0.2) is 0 Å². The van der Waals surface area contributed by atoms with Gasteiger partial charge in [-0.3, -0.25) is 9.69 Å². The molecule has 1 unspecified atom stereocenters. The van der Waals surface area contributed by atoms with Crippen molar-refractivity contribution in [1.82, 2.24) is 9.47 Å². The predicted octanol–water partition coefficient (Wildman–Crippen LogP) is 1.94. The molecule has 1 aliphatic heterocycles. The van der Waals surface area contributed by atoms with E-state index in [4.69, 9.17) is 14.2 Å². The Hall–Kier alpha value is -2.35. The van der Waals surface area contributed by atoms with E-state index in [0.29, 0.717) is 50.7 Å². The summed E-state index contributed by atoms with van der Waals surface area (Å²) in [6.45, 7) is 5.23. The molecule has 0 radical (unpaired) electrons. The molecule has 0 aliphatic carbocycles. The molecule has 2 aromatic rings. The first-order chi connectivity index (χ1) is 13.6. The molecule has 1 aliphatic rings. The van der Waals surface area contributed by atoms with Crippen LogP contribution in [-0.2, 0) is 16.0 Å². The van der Waals surface area contributed by atoms with Crippen molar-refractivity contribution in [3.8, 4) is 11.5 Å². The van der Waals surface area contributed by atoms with Gasteiger partial charge in [0.25, 0.3) is 5.56 Å². The number of methoxy groups -OCH3 is 2. The van der Waals surface area contributed by atoms with Crippen molar-refractivity contribution in [3.63, 3.8) is 0 Å². The molecular weight excluding hydrogens is 360 g/mol. The number of hydrogen-bond acceptors (Lipinski definition) is 6. The number of pyridine rings is 1. The number of nitrogens with zero attached hydrogens (tertiary/aromatic N) is 2. The van der Waals surface area contributed by atoms with E-state index < -0.39 is 0 Å². The summed E-state index contributed by atoms with van der Waals surface area (Å²) in [5.74, 6) is 0.763. The Bertz CT molecular complexity index is 841. The zero-order valence-electron chi connectivity index (χ0n) is 16.7. The highest BCUT2D eigenvalue weighted by atomic mass is 16.5. The molecule has 1 N–H and O–H groups in total. The highest BCUT2D eigenvalue weighted by Crippen LogP contribution is 2.33. The Kier molecular flexibility index (Phi) is 6.72. The lowest BCUT2D eigenvalue weighted by Crippen LogP contribution is -2.42. The van der Waals surface area contributed by atoms with Crippen molar-refractivity contribution in [1.29, 1.82) is 0 Å². The van der Waals surface area contributed by atoms with Gasteiger partial charge in [-0.1, -0.05) is 12.1 Å². The first-order valence-electron chi connectivity index (χ1n) is 9.44. The van der Waals surface area contributed by atoms with Crippen LogP contribution in [0.1, 0.15) is 22.9 Å². The zero-order chi connectivity index (χ0) is 20.1. The first kappa shape index (κ1) is 20.4. The maximum absolute atomic E-state index is 13.4. The number of hydrogen-bond donors (Lipinski definition) is 1. The smallest absolute Gasteiger partial charge is 0.259 e. The average molecular weight is 388 g/mol. The van der Waals surface area contributed by atoms with Gasteiger partial charge in [-0.2, -0.15) is 0 Å². The molecule has 7 nitrogen and oxygen atoms in total. The number of rotatable bonds is 7. The van der Waals surface area contributed by atoms with E-state index in [9.17, 15) is 9.90 Å². The Morgan fingerprint density at radius 2 is 1.86 bits per heavy atom. The van der Waals surface area contributed by atoms with Crippen LogP contribution in [0.3, 0.4) is 0 Å². The second kappa shape index (κ2) is 9.23. The third-order valence-electron chi connectivity index (χ3n) is 5.16. The monoisotopic (exact) mass is 388 g/mol. The van der Waals surface area contributed by atoms with E-state index in [0.717, 1.165) is 11.3 Å². The number of aryl methyl sites for hydroxylation is 1. The maximum Gasteiger partial charge on any atom is 0.259 e. The van der Waals surface area contributed by atoms with Crippen LogP contribution in [0.4, 0.5) is 0 Å².